The molecule has 25 heavy (non-hydrogen) atoms. The van der Waals surface area contributed by atoms with Crippen molar-refractivity contribution < 1.29 is 12.9 Å². The predicted molar refractivity (Wildman–Crippen MR) is 94.3 cm³/mol. The van der Waals surface area contributed by atoms with Gasteiger partial charge in [-0.05, 0) is 31.9 Å². The van der Waals surface area contributed by atoms with Gasteiger partial charge in [0.25, 0.3) is 10.0 Å². The smallest absolute Gasteiger partial charge is 0.252 e. The largest absolute Gasteiger partial charge is 0.338 e. The minimum atomic E-state index is -3.46. The molecule has 0 radical (unpaired) electrons. The summed E-state index contributed by atoms with van der Waals surface area (Å²) in [5.41, 5.74) is 0. The van der Waals surface area contributed by atoms with Crippen LogP contribution in [0.3, 0.4) is 0 Å². The summed E-state index contributed by atoms with van der Waals surface area (Å²) in [7, 11) is -3.46. The van der Waals surface area contributed by atoms with Crippen molar-refractivity contribution in [1.29, 1.82) is 0 Å². The zero-order valence-electron chi connectivity index (χ0n) is 13.8. The maximum absolute atomic E-state index is 12.7. The van der Waals surface area contributed by atoms with E-state index in [1.807, 2.05) is 6.92 Å². The van der Waals surface area contributed by atoms with Crippen LogP contribution < -0.4 is 0 Å². The van der Waals surface area contributed by atoms with Crippen LogP contribution in [0.4, 0.5) is 0 Å². The van der Waals surface area contributed by atoms with Crippen molar-refractivity contribution in [2.75, 3.05) is 26.2 Å². The molecule has 4 rings (SSSR count). The number of piperazine rings is 1. The normalized spacial score (nSPS) is 21.5. The van der Waals surface area contributed by atoms with Gasteiger partial charge in [-0.3, -0.25) is 4.90 Å². The lowest BCUT2D eigenvalue weighted by atomic mass is 10.2. The lowest BCUT2D eigenvalue weighted by molar-refractivity contribution is 0.124. The average Bonchev–Trinajstić information content (AvgIpc) is 3.16. The Morgan fingerprint density at radius 1 is 1.28 bits per heavy atom. The van der Waals surface area contributed by atoms with Gasteiger partial charge in [0.05, 0.1) is 10.4 Å². The molecule has 2 aliphatic rings. The minimum absolute atomic E-state index is 0.0129. The lowest BCUT2D eigenvalue weighted by Crippen LogP contribution is -2.49. The number of nitrogens with zero attached hydrogens (tertiary/aromatic N) is 4. The molecule has 2 aromatic rings. The highest BCUT2D eigenvalue weighted by atomic mass is 35.5. The fourth-order valence-corrected chi connectivity index (χ4v) is 6.03. The van der Waals surface area contributed by atoms with Crippen LogP contribution in [0.15, 0.2) is 20.9 Å². The number of rotatable bonds is 5. The van der Waals surface area contributed by atoms with Gasteiger partial charge in [-0.15, -0.1) is 11.3 Å². The number of aromatic nitrogens is 2. The van der Waals surface area contributed by atoms with Crippen LogP contribution in [0.5, 0.6) is 0 Å². The van der Waals surface area contributed by atoms with Gasteiger partial charge in [0.1, 0.15) is 4.21 Å². The van der Waals surface area contributed by atoms with Gasteiger partial charge < -0.3 is 4.52 Å². The maximum atomic E-state index is 12.7. The summed E-state index contributed by atoms with van der Waals surface area (Å²) in [6.07, 6.45) is 2.27. The van der Waals surface area contributed by atoms with Crippen molar-refractivity contribution in [2.24, 2.45) is 0 Å². The molecule has 1 aliphatic heterocycles. The van der Waals surface area contributed by atoms with Crippen LogP contribution in [0, 0.1) is 0 Å². The van der Waals surface area contributed by atoms with E-state index in [1.165, 1.54) is 4.31 Å². The highest BCUT2D eigenvalue weighted by Crippen LogP contribution is 2.38. The molecule has 0 spiro atoms. The molecule has 7 nitrogen and oxygen atoms in total. The van der Waals surface area contributed by atoms with E-state index < -0.39 is 10.0 Å². The van der Waals surface area contributed by atoms with Crippen LogP contribution in [-0.2, 0) is 10.0 Å². The fourth-order valence-electron chi connectivity index (χ4n) is 2.98. The summed E-state index contributed by atoms with van der Waals surface area (Å²) in [6, 6.07) is 3.17. The van der Waals surface area contributed by atoms with Gasteiger partial charge in [0, 0.05) is 32.1 Å². The zero-order valence-corrected chi connectivity index (χ0v) is 16.1. The molecule has 0 amide bonds. The van der Waals surface area contributed by atoms with Gasteiger partial charge in [-0.25, -0.2) is 8.42 Å². The first-order chi connectivity index (χ1) is 11.9. The fraction of sp³-hybridized carbons (Fsp3) is 0.600. The maximum Gasteiger partial charge on any atom is 0.252 e. The molecule has 3 heterocycles. The quantitative estimate of drug-likeness (QED) is 0.765. The Balaban J connectivity index is 1.40. The van der Waals surface area contributed by atoms with E-state index in [0.717, 1.165) is 30.0 Å². The second-order valence-corrected chi connectivity index (χ2v) is 10.3. The molecule has 2 aromatic heterocycles. The van der Waals surface area contributed by atoms with E-state index in [4.69, 9.17) is 16.1 Å². The Morgan fingerprint density at radius 3 is 2.60 bits per heavy atom. The average molecular weight is 403 g/mol. The first-order valence-corrected chi connectivity index (χ1v) is 10.9. The SMILES string of the molecule is C[C@@H](c1nc(C2CC2)no1)N1CCN(S(=O)(=O)c2ccc(Cl)s2)CC1. The number of hydrogen-bond donors (Lipinski definition) is 0. The molecule has 1 saturated carbocycles. The zero-order chi connectivity index (χ0) is 17.6. The summed E-state index contributed by atoms with van der Waals surface area (Å²) in [4.78, 5) is 6.68. The van der Waals surface area contributed by atoms with Crippen LogP contribution in [0.2, 0.25) is 4.34 Å². The second kappa shape index (κ2) is 6.62. The molecule has 2 fully saturated rings. The molecule has 1 aliphatic carbocycles. The Bertz CT molecular complexity index is 854. The number of sulfonamides is 1. The predicted octanol–water partition coefficient (Wildman–Crippen LogP) is 2.73. The van der Waals surface area contributed by atoms with E-state index in [9.17, 15) is 8.42 Å². The standard InChI is InChI=1S/C15H19ClN4O3S2/c1-10(15-17-14(18-23-15)11-2-3-11)19-6-8-20(9-7-19)25(21,22)13-5-4-12(16)24-13/h4-5,10-11H,2-3,6-9H2,1H3/t10-/m0/s1. The Labute approximate surface area is 155 Å². The van der Waals surface area contributed by atoms with Gasteiger partial charge in [0.15, 0.2) is 5.82 Å². The molecule has 1 atom stereocenters. The minimum Gasteiger partial charge on any atom is -0.338 e. The molecular formula is C15H19ClN4O3S2. The van der Waals surface area contributed by atoms with Crippen molar-refractivity contribution in [3.63, 3.8) is 0 Å². The third-order valence-corrected chi connectivity index (χ3v) is 8.32. The van der Waals surface area contributed by atoms with Gasteiger partial charge in [-0.2, -0.15) is 9.29 Å². The number of hydrogen-bond acceptors (Lipinski definition) is 7. The Kier molecular flexibility index (Phi) is 4.61. The van der Waals surface area contributed by atoms with Gasteiger partial charge in [0.2, 0.25) is 5.89 Å². The molecule has 1 saturated heterocycles. The van der Waals surface area contributed by atoms with E-state index >= 15 is 0 Å². The third-order valence-electron chi connectivity index (χ3n) is 4.72. The van der Waals surface area contributed by atoms with Crippen molar-refractivity contribution in [1.82, 2.24) is 19.3 Å². The third kappa shape index (κ3) is 3.48. The molecule has 136 valence electrons. The molecule has 0 N–H and O–H groups in total. The topological polar surface area (TPSA) is 79.5 Å². The highest BCUT2D eigenvalue weighted by Gasteiger charge is 2.34. The van der Waals surface area contributed by atoms with E-state index in [1.54, 1.807) is 12.1 Å². The van der Waals surface area contributed by atoms with E-state index in [0.29, 0.717) is 46.5 Å². The van der Waals surface area contributed by atoms with Gasteiger partial charge in [-0.1, -0.05) is 16.8 Å². The highest BCUT2D eigenvalue weighted by molar-refractivity contribution is 7.91. The van der Waals surface area contributed by atoms with Crippen LogP contribution in [0.25, 0.3) is 0 Å². The first-order valence-electron chi connectivity index (χ1n) is 8.28. The molecule has 0 unspecified atom stereocenters. The summed E-state index contributed by atoms with van der Waals surface area (Å²) >= 11 is 6.96. The molecular weight excluding hydrogens is 384 g/mol. The van der Waals surface area contributed by atoms with Crippen molar-refractivity contribution in [3.05, 3.63) is 28.2 Å². The monoisotopic (exact) mass is 402 g/mol. The van der Waals surface area contributed by atoms with E-state index in [-0.39, 0.29) is 6.04 Å². The van der Waals surface area contributed by atoms with Gasteiger partial charge >= 0.3 is 0 Å². The van der Waals surface area contributed by atoms with Crippen LogP contribution in [0.1, 0.15) is 43.4 Å². The van der Waals surface area contributed by atoms with Crippen molar-refractivity contribution in [3.8, 4) is 0 Å². The molecule has 10 heteroatoms. The van der Waals surface area contributed by atoms with Crippen LogP contribution in [-0.4, -0.2) is 53.9 Å². The first kappa shape index (κ1) is 17.4. The molecule has 0 bridgehead atoms. The summed E-state index contributed by atoms with van der Waals surface area (Å²) < 4.78 is 33.0. The second-order valence-electron chi connectivity index (χ2n) is 6.44. The van der Waals surface area contributed by atoms with Crippen LogP contribution >= 0.6 is 22.9 Å². The summed E-state index contributed by atoms with van der Waals surface area (Å²) in [6.45, 7) is 4.15. The Morgan fingerprint density at radius 2 is 2.00 bits per heavy atom. The van der Waals surface area contributed by atoms with Crippen molar-refractivity contribution >= 4 is 33.0 Å². The summed E-state index contributed by atoms with van der Waals surface area (Å²) in [5, 5.41) is 4.06. The Hall–Kier alpha value is -1.000. The van der Waals surface area contributed by atoms with Crippen molar-refractivity contribution in [2.45, 2.75) is 35.9 Å². The number of halogens is 1. The summed E-state index contributed by atoms with van der Waals surface area (Å²) in [5.74, 6) is 1.88. The number of thiophene rings is 1. The van der Waals surface area contributed by atoms with E-state index in [2.05, 4.69) is 15.0 Å². The lowest BCUT2D eigenvalue weighted by Gasteiger charge is -2.35. The molecule has 0 aromatic carbocycles.